The minimum absolute atomic E-state index is 0.237. The topological polar surface area (TPSA) is 72.8 Å². The molecule has 21 heavy (non-hydrogen) atoms. The highest BCUT2D eigenvalue weighted by Crippen LogP contribution is 2.10. The van der Waals surface area contributed by atoms with Gasteiger partial charge in [0.05, 0.1) is 0 Å². The zero-order valence-electron chi connectivity index (χ0n) is 12.9. The SMILES string of the molecule is CCCCCCCNC(=O)N(C)c1ccccc1B(O)O. The third kappa shape index (κ3) is 5.77. The average molecular weight is 292 g/mol. The summed E-state index contributed by atoms with van der Waals surface area (Å²) < 4.78 is 0. The third-order valence-electron chi connectivity index (χ3n) is 3.44. The number of rotatable bonds is 8. The van der Waals surface area contributed by atoms with Crippen LogP contribution in [0, 0.1) is 0 Å². The lowest BCUT2D eigenvalue weighted by atomic mass is 9.79. The van der Waals surface area contributed by atoms with E-state index in [1.54, 1.807) is 31.3 Å². The van der Waals surface area contributed by atoms with Crippen molar-refractivity contribution in [3.63, 3.8) is 0 Å². The summed E-state index contributed by atoms with van der Waals surface area (Å²) in [5.74, 6) is 0. The fourth-order valence-electron chi connectivity index (χ4n) is 2.16. The van der Waals surface area contributed by atoms with E-state index < -0.39 is 7.12 Å². The van der Waals surface area contributed by atoms with Crippen LogP contribution < -0.4 is 15.7 Å². The van der Waals surface area contributed by atoms with Gasteiger partial charge >= 0.3 is 13.1 Å². The Bertz CT molecular complexity index is 441. The molecule has 6 heteroatoms. The second-order valence-corrected chi connectivity index (χ2v) is 5.14. The van der Waals surface area contributed by atoms with Crippen LogP contribution in [0.1, 0.15) is 39.0 Å². The van der Waals surface area contributed by atoms with Crippen molar-refractivity contribution in [3.8, 4) is 0 Å². The summed E-state index contributed by atoms with van der Waals surface area (Å²) >= 11 is 0. The molecule has 0 saturated carbocycles. The number of urea groups is 1. The Labute approximate surface area is 127 Å². The number of nitrogens with zero attached hydrogens (tertiary/aromatic N) is 1. The van der Waals surface area contributed by atoms with E-state index >= 15 is 0 Å². The number of benzene rings is 1. The molecule has 3 N–H and O–H groups in total. The third-order valence-corrected chi connectivity index (χ3v) is 3.44. The van der Waals surface area contributed by atoms with E-state index in [2.05, 4.69) is 12.2 Å². The molecule has 0 aliphatic heterocycles. The number of nitrogens with one attached hydrogen (secondary N) is 1. The van der Waals surface area contributed by atoms with Crippen molar-refractivity contribution in [1.29, 1.82) is 0 Å². The van der Waals surface area contributed by atoms with Crippen molar-refractivity contribution >= 4 is 24.3 Å². The summed E-state index contributed by atoms with van der Waals surface area (Å²) in [5.41, 5.74) is 0.814. The number of hydrogen-bond acceptors (Lipinski definition) is 3. The maximum Gasteiger partial charge on any atom is 0.490 e. The highest BCUT2D eigenvalue weighted by atomic mass is 16.4. The number of amides is 2. The number of hydrogen-bond donors (Lipinski definition) is 3. The number of carbonyl (C=O) groups excluding carboxylic acids is 1. The number of para-hydroxylation sites is 1. The molecule has 0 heterocycles. The first-order valence-electron chi connectivity index (χ1n) is 7.54. The molecule has 0 aliphatic carbocycles. The van der Waals surface area contributed by atoms with Gasteiger partial charge in [0.1, 0.15) is 0 Å². The van der Waals surface area contributed by atoms with Crippen molar-refractivity contribution in [1.82, 2.24) is 5.32 Å². The van der Waals surface area contributed by atoms with Crippen LogP contribution in [0.2, 0.25) is 0 Å². The molecule has 0 saturated heterocycles. The number of anilines is 1. The van der Waals surface area contributed by atoms with Crippen LogP contribution in [0.5, 0.6) is 0 Å². The Morgan fingerprint density at radius 2 is 1.86 bits per heavy atom. The summed E-state index contributed by atoms with van der Waals surface area (Å²) in [6, 6.07) is 6.51. The van der Waals surface area contributed by atoms with E-state index in [4.69, 9.17) is 0 Å². The predicted octanol–water partition coefficient (Wildman–Crippen LogP) is 1.48. The lowest BCUT2D eigenvalue weighted by Gasteiger charge is -2.21. The minimum Gasteiger partial charge on any atom is -0.423 e. The van der Waals surface area contributed by atoms with Gasteiger partial charge in [0.2, 0.25) is 0 Å². The summed E-state index contributed by atoms with van der Waals surface area (Å²) in [4.78, 5) is 13.5. The Balaban J connectivity index is 2.47. The average Bonchev–Trinajstić information content (AvgIpc) is 2.49. The fourth-order valence-corrected chi connectivity index (χ4v) is 2.16. The zero-order valence-corrected chi connectivity index (χ0v) is 12.9. The summed E-state index contributed by atoms with van der Waals surface area (Å²) in [5, 5.41) is 21.5. The van der Waals surface area contributed by atoms with Gasteiger partial charge in [-0.15, -0.1) is 0 Å². The fraction of sp³-hybridized carbons (Fsp3) is 0.533. The molecule has 0 radical (unpaired) electrons. The molecular formula is C15H25BN2O3. The molecule has 0 atom stereocenters. The van der Waals surface area contributed by atoms with Crippen LogP contribution in [0.3, 0.4) is 0 Å². The Morgan fingerprint density at radius 3 is 2.52 bits per heavy atom. The molecule has 1 aromatic rings. The van der Waals surface area contributed by atoms with Crippen LogP contribution in [0.15, 0.2) is 24.3 Å². The maximum atomic E-state index is 12.1. The second-order valence-electron chi connectivity index (χ2n) is 5.14. The molecule has 116 valence electrons. The van der Waals surface area contributed by atoms with E-state index in [-0.39, 0.29) is 6.03 Å². The molecule has 0 aromatic heterocycles. The van der Waals surface area contributed by atoms with Gasteiger partial charge < -0.3 is 15.4 Å². The Hall–Kier alpha value is -1.53. The monoisotopic (exact) mass is 292 g/mol. The van der Waals surface area contributed by atoms with Crippen molar-refractivity contribution in [2.45, 2.75) is 39.0 Å². The van der Waals surface area contributed by atoms with Crippen LogP contribution >= 0.6 is 0 Å². The normalized spacial score (nSPS) is 10.3. The highest BCUT2D eigenvalue weighted by Gasteiger charge is 2.20. The summed E-state index contributed by atoms with van der Waals surface area (Å²) in [6.07, 6.45) is 5.71. The molecule has 5 nitrogen and oxygen atoms in total. The van der Waals surface area contributed by atoms with Gasteiger partial charge in [-0.25, -0.2) is 4.79 Å². The van der Waals surface area contributed by atoms with E-state index in [1.165, 1.54) is 24.2 Å². The van der Waals surface area contributed by atoms with Crippen LogP contribution in [0.25, 0.3) is 0 Å². The van der Waals surface area contributed by atoms with E-state index in [9.17, 15) is 14.8 Å². The van der Waals surface area contributed by atoms with Crippen molar-refractivity contribution in [3.05, 3.63) is 24.3 Å². The smallest absolute Gasteiger partial charge is 0.423 e. The molecule has 0 bridgehead atoms. The first kappa shape index (κ1) is 17.5. The van der Waals surface area contributed by atoms with E-state index in [0.29, 0.717) is 17.7 Å². The van der Waals surface area contributed by atoms with Crippen LogP contribution in [0.4, 0.5) is 10.5 Å². The number of carbonyl (C=O) groups is 1. The van der Waals surface area contributed by atoms with Gasteiger partial charge in [0.25, 0.3) is 0 Å². The van der Waals surface area contributed by atoms with Gasteiger partial charge in [-0.1, -0.05) is 50.8 Å². The largest absolute Gasteiger partial charge is 0.490 e. The molecule has 1 aromatic carbocycles. The van der Waals surface area contributed by atoms with Gasteiger partial charge in [-0.3, -0.25) is 4.90 Å². The van der Waals surface area contributed by atoms with Crippen molar-refractivity contribution in [2.24, 2.45) is 0 Å². The van der Waals surface area contributed by atoms with E-state index in [0.717, 1.165) is 12.8 Å². The molecule has 0 unspecified atom stereocenters. The van der Waals surface area contributed by atoms with Crippen LogP contribution in [-0.2, 0) is 0 Å². The van der Waals surface area contributed by atoms with Gasteiger partial charge in [0, 0.05) is 24.7 Å². The van der Waals surface area contributed by atoms with E-state index in [1.807, 2.05) is 0 Å². The van der Waals surface area contributed by atoms with Gasteiger partial charge in [-0.2, -0.15) is 0 Å². The first-order chi connectivity index (χ1) is 10.1. The molecule has 0 fully saturated rings. The Kier molecular flexibility index (Phi) is 7.86. The number of unbranched alkanes of at least 4 members (excludes halogenated alkanes) is 4. The lowest BCUT2D eigenvalue weighted by molar-refractivity contribution is 0.247. The van der Waals surface area contributed by atoms with Gasteiger partial charge in [0.15, 0.2) is 0 Å². The summed E-state index contributed by atoms with van der Waals surface area (Å²) in [6.45, 7) is 2.81. The Morgan fingerprint density at radius 1 is 1.19 bits per heavy atom. The highest BCUT2D eigenvalue weighted by molar-refractivity contribution is 6.60. The molecule has 2 amide bonds. The first-order valence-corrected chi connectivity index (χ1v) is 7.54. The summed E-state index contributed by atoms with van der Waals surface area (Å²) in [7, 11) is 0.0265. The van der Waals surface area contributed by atoms with Crippen molar-refractivity contribution in [2.75, 3.05) is 18.5 Å². The molecule has 0 spiro atoms. The minimum atomic E-state index is -1.59. The quantitative estimate of drug-likeness (QED) is 0.502. The van der Waals surface area contributed by atoms with Gasteiger partial charge in [-0.05, 0) is 12.5 Å². The molecular weight excluding hydrogens is 267 g/mol. The lowest BCUT2D eigenvalue weighted by Crippen LogP contribution is -2.43. The molecule has 1 rings (SSSR count). The standard InChI is InChI=1S/C15H25BN2O3/c1-3-4-5-6-9-12-17-15(19)18(2)14-11-8-7-10-13(14)16(20)21/h7-8,10-11,20-21H,3-6,9,12H2,1-2H3,(H,17,19). The van der Waals surface area contributed by atoms with Crippen LogP contribution in [-0.4, -0.2) is 36.8 Å². The predicted molar refractivity (Wildman–Crippen MR) is 86.8 cm³/mol. The molecule has 0 aliphatic rings. The maximum absolute atomic E-state index is 12.1. The van der Waals surface area contributed by atoms with Crippen molar-refractivity contribution < 1.29 is 14.8 Å². The zero-order chi connectivity index (χ0) is 15.7. The second kappa shape index (κ2) is 9.42.